The van der Waals surface area contributed by atoms with Crippen molar-refractivity contribution in [3.8, 4) is 11.5 Å². The SMILES string of the molecule is C=C1N=C(N)c2c(cccc2OCc2ccc(OC)cc2)N1. The van der Waals surface area contributed by atoms with Crippen molar-refractivity contribution in [2.75, 3.05) is 12.4 Å². The topological polar surface area (TPSA) is 68.9 Å². The monoisotopic (exact) mass is 295 g/mol. The zero-order chi connectivity index (χ0) is 15.5. The second-order valence-electron chi connectivity index (χ2n) is 4.88. The number of anilines is 1. The van der Waals surface area contributed by atoms with E-state index in [4.69, 9.17) is 15.2 Å². The fourth-order valence-electron chi connectivity index (χ4n) is 2.29. The minimum absolute atomic E-state index is 0.407. The maximum Gasteiger partial charge on any atom is 0.138 e. The van der Waals surface area contributed by atoms with Gasteiger partial charge in [0.15, 0.2) is 0 Å². The maximum atomic E-state index is 6.00. The number of hydrogen-bond acceptors (Lipinski definition) is 5. The van der Waals surface area contributed by atoms with Gasteiger partial charge in [0.05, 0.1) is 18.4 Å². The van der Waals surface area contributed by atoms with Gasteiger partial charge in [0.25, 0.3) is 0 Å². The number of aliphatic imine (C=N–C) groups is 1. The van der Waals surface area contributed by atoms with Crippen LogP contribution in [0, 0.1) is 0 Å². The molecule has 22 heavy (non-hydrogen) atoms. The molecule has 3 N–H and O–H groups in total. The smallest absolute Gasteiger partial charge is 0.138 e. The lowest BCUT2D eigenvalue weighted by atomic mass is 10.1. The van der Waals surface area contributed by atoms with Crippen LogP contribution in [0.5, 0.6) is 11.5 Å². The number of methoxy groups -OCH3 is 1. The third-order valence-corrected chi connectivity index (χ3v) is 3.37. The van der Waals surface area contributed by atoms with E-state index in [1.807, 2.05) is 42.5 Å². The Kier molecular flexibility index (Phi) is 3.70. The van der Waals surface area contributed by atoms with Crippen LogP contribution in [0.2, 0.25) is 0 Å². The lowest BCUT2D eigenvalue weighted by Gasteiger charge is -2.20. The summed E-state index contributed by atoms with van der Waals surface area (Å²) in [5.74, 6) is 2.44. The predicted molar refractivity (Wildman–Crippen MR) is 87.3 cm³/mol. The van der Waals surface area contributed by atoms with Crippen LogP contribution in [-0.2, 0) is 6.61 Å². The lowest BCUT2D eigenvalue weighted by Crippen LogP contribution is -2.22. The Bertz CT molecular complexity index is 736. The molecule has 1 heterocycles. The minimum Gasteiger partial charge on any atom is -0.497 e. The van der Waals surface area contributed by atoms with Crippen LogP contribution in [-0.4, -0.2) is 12.9 Å². The van der Waals surface area contributed by atoms with Gasteiger partial charge in [-0.15, -0.1) is 0 Å². The van der Waals surface area contributed by atoms with Gasteiger partial charge < -0.3 is 20.5 Å². The van der Waals surface area contributed by atoms with Crippen molar-refractivity contribution in [2.45, 2.75) is 6.61 Å². The summed E-state index contributed by atoms with van der Waals surface area (Å²) in [7, 11) is 1.64. The van der Waals surface area contributed by atoms with Crippen molar-refractivity contribution in [3.63, 3.8) is 0 Å². The molecule has 0 aromatic heterocycles. The highest BCUT2D eigenvalue weighted by Crippen LogP contribution is 2.31. The van der Waals surface area contributed by atoms with E-state index in [0.29, 0.717) is 24.0 Å². The number of nitrogens with two attached hydrogens (primary N) is 1. The molecule has 0 aliphatic carbocycles. The molecule has 0 amide bonds. The van der Waals surface area contributed by atoms with Gasteiger partial charge in [-0.05, 0) is 29.8 Å². The molecule has 1 aliphatic heterocycles. The van der Waals surface area contributed by atoms with E-state index in [1.54, 1.807) is 7.11 Å². The Morgan fingerprint density at radius 1 is 1.18 bits per heavy atom. The molecule has 3 rings (SSSR count). The van der Waals surface area contributed by atoms with Crippen LogP contribution in [0.4, 0.5) is 5.69 Å². The van der Waals surface area contributed by atoms with E-state index in [0.717, 1.165) is 22.6 Å². The Morgan fingerprint density at radius 2 is 1.95 bits per heavy atom. The highest BCUT2D eigenvalue weighted by Gasteiger charge is 2.18. The molecule has 0 saturated carbocycles. The van der Waals surface area contributed by atoms with Crippen molar-refractivity contribution in [2.24, 2.45) is 10.7 Å². The first kappa shape index (κ1) is 14.0. The Hall–Kier alpha value is -2.95. The molecule has 5 heteroatoms. The quantitative estimate of drug-likeness (QED) is 0.910. The Labute approximate surface area is 129 Å². The normalized spacial score (nSPS) is 13.0. The number of ether oxygens (including phenoxy) is 2. The van der Waals surface area contributed by atoms with Gasteiger partial charge >= 0.3 is 0 Å². The highest BCUT2D eigenvalue weighted by molar-refractivity contribution is 6.07. The van der Waals surface area contributed by atoms with Crippen molar-refractivity contribution < 1.29 is 9.47 Å². The zero-order valence-corrected chi connectivity index (χ0v) is 12.3. The molecule has 0 saturated heterocycles. The lowest BCUT2D eigenvalue weighted by molar-refractivity contribution is 0.305. The summed E-state index contributed by atoms with van der Waals surface area (Å²) in [6, 6.07) is 13.4. The number of amidine groups is 1. The second-order valence-corrected chi connectivity index (χ2v) is 4.88. The maximum absolute atomic E-state index is 6.00. The summed E-state index contributed by atoms with van der Waals surface area (Å²) >= 11 is 0. The molecule has 0 spiro atoms. The van der Waals surface area contributed by atoms with Gasteiger partial charge in [-0.1, -0.05) is 24.8 Å². The molecular weight excluding hydrogens is 278 g/mol. The minimum atomic E-state index is 0.407. The van der Waals surface area contributed by atoms with Gasteiger partial charge in [-0.25, -0.2) is 4.99 Å². The molecular formula is C17H17N3O2. The van der Waals surface area contributed by atoms with E-state index in [9.17, 15) is 0 Å². The van der Waals surface area contributed by atoms with Crippen LogP contribution in [0.3, 0.4) is 0 Å². The number of fused-ring (bicyclic) bond motifs is 1. The van der Waals surface area contributed by atoms with Gasteiger partial charge in [-0.3, -0.25) is 0 Å². The van der Waals surface area contributed by atoms with Crippen LogP contribution in [0.1, 0.15) is 11.1 Å². The molecule has 2 aromatic carbocycles. The van der Waals surface area contributed by atoms with Gasteiger partial charge in [0, 0.05) is 0 Å². The number of benzene rings is 2. The highest BCUT2D eigenvalue weighted by atomic mass is 16.5. The largest absolute Gasteiger partial charge is 0.497 e. The van der Waals surface area contributed by atoms with Crippen molar-refractivity contribution in [3.05, 3.63) is 66.0 Å². The third kappa shape index (κ3) is 2.74. The van der Waals surface area contributed by atoms with E-state index in [-0.39, 0.29) is 0 Å². The van der Waals surface area contributed by atoms with Crippen LogP contribution in [0.15, 0.2) is 59.9 Å². The summed E-state index contributed by atoms with van der Waals surface area (Å²) in [5.41, 5.74) is 8.66. The van der Waals surface area contributed by atoms with E-state index in [1.165, 1.54) is 0 Å². The van der Waals surface area contributed by atoms with Gasteiger partial charge in [-0.2, -0.15) is 0 Å². The molecule has 1 aliphatic rings. The average molecular weight is 295 g/mol. The fraction of sp³-hybridized carbons (Fsp3) is 0.118. The first-order chi connectivity index (χ1) is 10.7. The van der Waals surface area contributed by atoms with E-state index >= 15 is 0 Å². The van der Waals surface area contributed by atoms with Crippen LogP contribution >= 0.6 is 0 Å². The number of hydrogen-bond donors (Lipinski definition) is 2. The third-order valence-electron chi connectivity index (χ3n) is 3.37. The molecule has 0 radical (unpaired) electrons. The second kappa shape index (κ2) is 5.81. The molecule has 0 atom stereocenters. The first-order valence-corrected chi connectivity index (χ1v) is 6.86. The van der Waals surface area contributed by atoms with Gasteiger partial charge in [0.2, 0.25) is 0 Å². The first-order valence-electron chi connectivity index (χ1n) is 6.86. The summed E-state index contributed by atoms with van der Waals surface area (Å²) < 4.78 is 11.0. The molecule has 0 unspecified atom stereocenters. The zero-order valence-electron chi connectivity index (χ0n) is 12.3. The molecule has 0 fully saturated rings. The molecule has 2 aromatic rings. The van der Waals surface area contributed by atoms with Crippen LogP contribution in [0.25, 0.3) is 0 Å². The van der Waals surface area contributed by atoms with Crippen LogP contribution < -0.4 is 20.5 Å². The van der Waals surface area contributed by atoms with Gasteiger partial charge in [0.1, 0.15) is 29.8 Å². The molecule has 112 valence electrons. The number of nitrogens with zero attached hydrogens (tertiary/aromatic N) is 1. The van der Waals surface area contributed by atoms with Crippen molar-refractivity contribution >= 4 is 11.5 Å². The predicted octanol–water partition coefficient (Wildman–Crippen LogP) is 2.88. The number of nitrogens with one attached hydrogen (secondary N) is 1. The average Bonchev–Trinajstić information content (AvgIpc) is 2.52. The fourth-order valence-corrected chi connectivity index (χ4v) is 2.29. The Balaban J connectivity index is 1.81. The number of rotatable bonds is 4. The van der Waals surface area contributed by atoms with Crippen molar-refractivity contribution in [1.29, 1.82) is 0 Å². The van der Waals surface area contributed by atoms with E-state index < -0.39 is 0 Å². The summed E-state index contributed by atoms with van der Waals surface area (Å²) in [5, 5.41) is 3.09. The Morgan fingerprint density at radius 3 is 2.68 bits per heavy atom. The summed E-state index contributed by atoms with van der Waals surface area (Å²) in [4.78, 5) is 4.15. The molecule has 0 bridgehead atoms. The summed E-state index contributed by atoms with van der Waals surface area (Å²) in [6.07, 6.45) is 0. The van der Waals surface area contributed by atoms with Crippen molar-refractivity contribution in [1.82, 2.24) is 0 Å². The molecule has 5 nitrogen and oxygen atoms in total. The van der Waals surface area contributed by atoms with E-state index in [2.05, 4.69) is 16.9 Å². The standard InChI is InChI=1S/C17H17N3O2/c1-11-19-14-4-3-5-15(16(14)17(18)20-11)22-10-12-6-8-13(21-2)9-7-12/h3-9,19H,1,10H2,2H3,(H2,18,20). The summed E-state index contributed by atoms with van der Waals surface area (Å²) in [6.45, 7) is 4.21.